The van der Waals surface area contributed by atoms with E-state index in [4.69, 9.17) is 17.0 Å². The third-order valence-corrected chi connectivity index (χ3v) is 3.55. The van der Waals surface area contributed by atoms with Gasteiger partial charge in [0.1, 0.15) is 0 Å². The monoisotopic (exact) mass is 334 g/mol. The normalized spacial score (nSPS) is 14.0. The van der Waals surface area contributed by atoms with Gasteiger partial charge in [-0.15, -0.1) is 0 Å². The van der Waals surface area contributed by atoms with Crippen LogP contribution in [0.2, 0.25) is 0 Å². The second kappa shape index (κ2) is 9.12. The van der Waals surface area contributed by atoms with Gasteiger partial charge in [0, 0.05) is 31.8 Å². The van der Waals surface area contributed by atoms with Crippen LogP contribution in [0.25, 0.3) is 0 Å². The molecule has 0 fully saturated rings. The fourth-order valence-electron chi connectivity index (χ4n) is 2.16. The van der Waals surface area contributed by atoms with Crippen molar-refractivity contribution in [2.45, 2.75) is 19.9 Å². The Bertz CT molecular complexity index is 562. The van der Waals surface area contributed by atoms with Crippen LogP contribution in [0.5, 0.6) is 0 Å². The molecule has 6 nitrogen and oxygen atoms in total. The summed E-state index contributed by atoms with van der Waals surface area (Å²) in [5.41, 5.74) is 8.20. The minimum atomic E-state index is -0.270. The molecule has 2 rings (SSSR count). The van der Waals surface area contributed by atoms with Crippen LogP contribution in [-0.2, 0) is 11.3 Å². The van der Waals surface area contributed by atoms with Gasteiger partial charge in [-0.3, -0.25) is 5.43 Å². The molecule has 0 aliphatic carbocycles. The fourth-order valence-corrected chi connectivity index (χ4v) is 2.37. The molecule has 1 aromatic rings. The molecule has 0 radical (unpaired) electrons. The first-order valence-electron chi connectivity index (χ1n) is 7.63. The second-order valence-electron chi connectivity index (χ2n) is 5.04. The van der Waals surface area contributed by atoms with E-state index in [1.54, 1.807) is 11.8 Å². The maximum absolute atomic E-state index is 11.6. The minimum absolute atomic E-state index is 0.270. The van der Waals surface area contributed by atoms with Crippen molar-refractivity contribution < 1.29 is 9.53 Å². The van der Waals surface area contributed by atoms with Crippen molar-refractivity contribution in [1.82, 2.24) is 21.1 Å². The number of hydrogen-bond donors (Lipinski definition) is 3. The number of hydrazine groups is 1. The van der Waals surface area contributed by atoms with Crippen molar-refractivity contribution in [2.75, 3.05) is 19.7 Å². The van der Waals surface area contributed by atoms with E-state index < -0.39 is 0 Å². The Labute approximate surface area is 141 Å². The summed E-state index contributed by atoms with van der Waals surface area (Å²) in [7, 11) is 0. The van der Waals surface area contributed by atoms with Crippen LogP contribution in [-0.4, -0.2) is 35.8 Å². The van der Waals surface area contributed by atoms with Gasteiger partial charge in [0.2, 0.25) is 0 Å². The highest BCUT2D eigenvalue weighted by Crippen LogP contribution is 2.09. The van der Waals surface area contributed by atoms with Crippen LogP contribution in [0.4, 0.5) is 4.79 Å². The predicted octanol–water partition coefficient (Wildman–Crippen LogP) is 1.90. The summed E-state index contributed by atoms with van der Waals surface area (Å²) in [5, 5.41) is 3.65. The standard InChI is InChI=1S/C16H22N4O2S/c1-2-22-16(21)20-10-8-14(9-11-20)18-15(23)19-17-12-13-6-4-3-5-7-13/h3-8,17H,2,9-12H2,1H3,(H2,18,19,23). The van der Waals surface area contributed by atoms with Gasteiger partial charge in [-0.25, -0.2) is 10.2 Å². The maximum atomic E-state index is 11.6. The number of benzene rings is 1. The van der Waals surface area contributed by atoms with Gasteiger partial charge >= 0.3 is 6.09 Å². The molecule has 0 bridgehead atoms. The van der Waals surface area contributed by atoms with E-state index in [1.807, 2.05) is 36.4 Å². The number of nitrogens with one attached hydrogen (secondary N) is 3. The number of thiocarbonyl (C=S) groups is 1. The molecule has 0 atom stereocenters. The highest BCUT2D eigenvalue weighted by atomic mass is 32.1. The molecule has 1 aliphatic heterocycles. The molecule has 0 aromatic heterocycles. The molecule has 1 heterocycles. The molecule has 0 unspecified atom stereocenters. The molecular weight excluding hydrogens is 312 g/mol. The summed E-state index contributed by atoms with van der Waals surface area (Å²) in [6, 6.07) is 10.1. The Balaban J connectivity index is 1.68. The summed E-state index contributed by atoms with van der Waals surface area (Å²) in [6.45, 7) is 4.03. The maximum Gasteiger partial charge on any atom is 0.410 e. The molecule has 1 aliphatic rings. The highest BCUT2D eigenvalue weighted by molar-refractivity contribution is 7.80. The number of hydrogen-bond acceptors (Lipinski definition) is 4. The van der Waals surface area contributed by atoms with Crippen molar-refractivity contribution in [3.8, 4) is 0 Å². The number of nitrogens with zero attached hydrogens (tertiary/aromatic N) is 1. The van der Waals surface area contributed by atoms with Crippen LogP contribution in [0.3, 0.4) is 0 Å². The Morgan fingerprint density at radius 1 is 1.35 bits per heavy atom. The average molecular weight is 334 g/mol. The summed E-state index contributed by atoms with van der Waals surface area (Å²) in [6.07, 6.45) is 2.40. The largest absolute Gasteiger partial charge is 0.450 e. The Hall–Kier alpha value is -2.12. The first-order valence-corrected chi connectivity index (χ1v) is 8.04. The lowest BCUT2D eigenvalue weighted by Gasteiger charge is -2.26. The SMILES string of the molecule is CCOC(=O)N1CC=C(NC(=S)NNCc2ccccc2)CC1. The minimum Gasteiger partial charge on any atom is -0.450 e. The summed E-state index contributed by atoms with van der Waals surface area (Å²) >= 11 is 5.24. The van der Waals surface area contributed by atoms with Gasteiger partial charge in [0.05, 0.1) is 6.61 Å². The van der Waals surface area contributed by atoms with Gasteiger partial charge in [-0.2, -0.15) is 0 Å². The molecule has 1 amide bonds. The topological polar surface area (TPSA) is 65.6 Å². The van der Waals surface area contributed by atoms with Crippen molar-refractivity contribution >= 4 is 23.4 Å². The lowest BCUT2D eigenvalue weighted by atomic mass is 10.2. The zero-order valence-corrected chi connectivity index (χ0v) is 14.0. The van der Waals surface area contributed by atoms with E-state index in [-0.39, 0.29) is 6.09 Å². The Morgan fingerprint density at radius 2 is 2.13 bits per heavy atom. The molecule has 7 heteroatoms. The van der Waals surface area contributed by atoms with E-state index >= 15 is 0 Å². The molecule has 124 valence electrons. The number of carbonyl (C=O) groups is 1. The zero-order chi connectivity index (χ0) is 16.5. The zero-order valence-electron chi connectivity index (χ0n) is 13.2. The molecule has 23 heavy (non-hydrogen) atoms. The molecule has 0 saturated carbocycles. The molecule has 3 N–H and O–H groups in total. The van der Waals surface area contributed by atoms with Gasteiger partial charge in [0.25, 0.3) is 0 Å². The molecular formula is C16H22N4O2S. The van der Waals surface area contributed by atoms with Crippen LogP contribution in [0.15, 0.2) is 42.1 Å². The average Bonchev–Trinajstić information content (AvgIpc) is 2.57. The first kappa shape index (κ1) is 17.2. The summed E-state index contributed by atoms with van der Waals surface area (Å²) in [5.74, 6) is 0. The van der Waals surface area contributed by atoms with E-state index in [2.05, 4.69) is 16.2 Å². The molecule has 0 saturated heterocycles. The lowest BCUT2D eigenvalue weighted by molar-refractivity contribution is 0.110. The van der Waals surface area contributed by atoms with Crippen molar-refractivity contribution in [2.24, 2.45) is 0 Å². The number of carbonyl (C=O) groups excluding carboxylic acids is 1. The van der Waals surface area contributed by atoms with Crippen LogP contribution in [0.1, 0.15) is 18.9 Å². The van der Waals surface area contributed by atoms with Gasteiger partial charge in [-0.1, -0.05) is 30.3 Å². The number of ether oxygens (including phenoxy) is 1. The summed E-state index contributed by atoms with van der Waals surface area (Å²) in [4.78, 5) is 13.3. The summed E-state index contributed by atoms with van der Waals surface area (Å²) < 4.78 is 4.98. The third-order valence-electron chi connectivity index (χ3n) is 3.35. The lowest BCUT2D eigenvalue weighted by Crippen LogP contribution is -2.45. The van der Waals surface area contributed by atoms with Crippen molar-refractivity contribution in [1.29, 1.82) is 0 Å². The predicted molar refractivity (Wildman–Crippen MR) is 93.4 cm³/mol. The third kappa shape index (κ3) is 5.88. The fraction of sp³-hybridized carbons (Fsp3) is 0.375. The van der Waals surface area contributed by atoms with E-state index in [0.717, 1.165) is 12.1 Å². The van der Waals surface area contributed by atoms with E-state index in [0.29, 0.717) is 31.4 Å². The molecule has 0 spiro atoms. The molecule has 1 aromatic carbocycles. The van der Waals surface area contributed by atoms with E-state index in [9.17, 15) is 4.79 Å². The van der Waals surface area contributed by atoms with Gasteiger partial charge in [0.15, 0.2) is 5.11 Å². The first-order chi connectivity index (χ1) is 11.2. The van der Waals surface area contributed by atoms with Gasteiger partial charge < -0.3 is 15.0 Å². The number of rotatable bonds is 5. The quantitative estimate of drug-likeness (QED) is 0.565. The Morgan fingerprint density at radius 3 is 2.78 bits per heavy atom. The second-order valence-corrected chi connectivity index (χ2v) is 5.45. The van der Waals surface area contributed by atoms with Crippen LogP contribution < -0.4 is 16.2 Å². The van der Waals surface area contributed by atoms with E-state index in [1.165, 1.54) is 5.56 Å². The Kier molecular flexibility index (Phi) is 6.83. The highest BCUT2D eigenvalue weighted by Gasteiger charge is 2.18. The van der Waals surface area contributed by atoms with Crippen molar-refractivity contribution in [3.63, 3.8) is 0 Å². The van der Waals surface area contributed by atoms with Gasteiger partial charge in [-0.05, 0) is 30.8 Å². The smallest absolute Gasteiger partial charge is 0.410 e. The van der Waals surface area contributed by atoms with Crippen LogP contribution >= 0.6 is 12.2 Å². The van der Waals surface area contributed by atoms with Crippen LogP contribution in [0, 0.1) is 0 Å². The number of amides is 1. The van der Waals surface area contributed by atoms with Crippen molar-refractivity contribution in [3.05, 3.63) is 47.7 Å².